The molecular formula is C11H23N3O3S. The Bertz CT molecular complexity index is 373. The molecule has 0 aromatic heterocycles. The number of piperazine rings is 1. The number of rotatable bonds is 5. The Morgan fingerprint density at radius 3 is 2.17 bits per heavy atom. The Balaban J connectivity index is 2.48. The van der Waals surface area contributed by atoms with Gasteiger partial charge in [0.15, 0.2) is 0 Å². The monoisotopic (exact) mass is 277 g/mol. The third-order valence-corrected chi connectivity index (χ3v) is 4.97. The van der Waals surface area contributed by atoms with Crippen molar-refractivity contribution in [1.29, 1.82) is 0 Å². The molecule has 1 fully saturated rings. The quantitative estimate of drug-likeness (QED) is 0.675. The fourth-order valence-corrected chi connectivity index (χ4v) is 3.47. The van der Waals surface area contributed by atoms with Gasteiger partial charge in [-0.3, -0.25) is 4.79 Å². The zero-order valence-corrected chi connectivity index (χ0v) is 12.2. The molecule has 0 bridgehead atoms. The van der Waals surface area contributed by atoms with Crippen LogP contribution in [0.3, 0.4) is 0 Å². The van der Waals surface area contributed by atoms with E-state index in [-0.39, 0.29) is 11.7 Å². The van der Waals surface area contributed by atoms with E-state index in [2.05, 4.69) is 0 Å². The minimum Gasteiger partial charge on any atom is -0.339 e. The normalized spacial score (nSPS) is 18.3. The summed E-state index contributed by atoms with van der Waals surface area (Å²) in [5.74, 6) is 0.256. The summed E-state index contributed by atoms with van der Waals surface area (Å²) in [5, 5.41) is 0. The zero-order chi connectivity index (χ0) is 13.8. The first kappa shape index (κ1) is 15.4. The first-order valence-corrected chi connectivity index (χ1v) is 7.88. The number of carbonyl (C=O) groups is 1. The van der Waals surface area contributed by atoms with Gasteiger partial charge in [-0.05, 0) is 20.5 Å². The second kappa shape index (κ2) is 6.49. The van der Waals surface area contributed by atoms with Crippen molar-refractivity contribution in [2.75, 3.05) is 52.6 Å². The highest BCUT2D eigenvalue weighted by atomic mass is 32.2. The van der Waals surface area contributed by atoms with Gasteiger partial charge in [0, 0.05) is 26.2 Å². The predicted octanol–water partition coefficient (Wildman–Crippen LogP) is -0.568. The first-order valence-electron chi connectivity index (χ1n) is 6.27. The van der Waals surface area contributed by atoms with Crippen LogP contribution in [0.25, 0.3) is 0 Å². The van der Waals surface area contributed by atoms with Crippen molar-refractivity contribution in [2.45, 2.75) is 13.3 Å². The third-order valence-electron chi connectivity index (χ3n) is 2.90. The molecule has 1 saturated heterocycles. The Kier molecular flexibility index (Phi) is 5.55. The maximum absolute atomic E-state index is 11.9. The van der Waals surface area contributed by atoms with Crippen LogP contribution in [0.15, 0.2) is 0 Å². The van der Waals surface area contributed by atoms with Crippen molar-refractivity contribution in [1.82, 2.24) is 14.1 Å². The van der Waals surface area contributed by atoms with Crippen LogP contribution >= 0.6 is 0 Å². The standard InChI is InChI=1S/C11H23N3O3S/c1-4-9-18(16,17)14-7-5-13(6-8-14)11(15)10-12(2)3/h4-10H2,1-3H3. The van der Waals surface area contributed by atoms with E-state index in [4.69, 9.17) is 0 Å². The Morgan fingerprint density at radius 1 is 1.17 bits per heavy atom. The molecule has 1 aliphatic rings. The van der Waals surface area contributed by atoms with Gasteiger partial charge in [-0.25, -0.2) is 8.42 Å². The summed E-state index contributed by atoms with van der Waals surface area (Å²) in [7, 11) is 0.574. The lowest BCUT2D eigenvalue weighted by atomic mass is 10.3. The van der Waals surface area contributed by atoms with Crippen molar-refractivity contribution < 1.29 is 13.2 Å². The van der Waals surface area contributed by atoms with Crippen molar-refractivity contribution in [3.05, 3.63) is 0 Å². The maximum Gasteiger partial charge on any atom is 0.236 e. The van der Waals surface area contributed by atoms with Gasteiger partial charge >= 0.3 is 0 Å². The third kappa shape index (κ3) is 4.22. The smallest absolute Gasteiger partial charge is 0.236 e. The lowest BCUT2D eigenvalue weighted by Crippen LogP contribution is -2.52. The van der Waals surface area contributed by atoms with E-state index < -0.39 is 10.0 Å². The fraction of sp³-hybridized carbons (Fsp3) is 0.909. The van der Waals surface area contributed by atoms with Crippen LogP contribution in [-0.2, 0) is 14.8 Å². The number of hydrogen-bond acceptors (Lipinski definition) is 4. The van der Waals surface area contributed by atoms with Crippen LogP contribution in [0.1, 0.15) is 13.3 Å². The lowest BCUT2D eigenvalue weighted by molar-refractivity contribution is -0.133. The number of sulfonamides is 1. The SMILES string of the molecule is CCCS(=O)(=O)N1CCN(C(=O)CN(C)C)CC1. The molecule has 0 unspecified atom stereocenters. The average Bonchev–Trinajstić information content (AvgIpc) is 2.28. The van der Waals surface area contributed by atoms with Crippen molar-refractivity contribution >= 4 is 15.9 Å². The Labute approximate surface area is 110 Å². The number of likely N-dealkylation sites (N-methyl/N-ethyl adjacent to an activating group) is 1. The second-order valence-corrected chi connectivity index (χ2v) is 6.92. The van der Waals surface area contributed by atoms with Crippen molar-refractivity contribution in [3.8, 4) is 0 Å². The summed E-state index contributed by atoms with van der Waals surface area (Å²) < 4.78 is 25.2. The molecule has 106 valence electrons. The molecule has 1 amide bonds. The van der Waals surface area contributed by atoms with Gasteiger partial charge in [-0.1, -0.05) is 6.92 Å². The highest BCUT2D eigenvalue weighted by Gasteiger charge is 2.27. The minimum atomic E-state index is -3.12. The van der Waals surface area contributed by atoms with E-state index in [0.717, 1.165) is 0 Å². The van der Waals surface area contributed by atoms with Crippen LogP contribution in [0.5, 0.6) is 0 Å². The van der Waals surface area contributed by atoms with Gasteiger partial charge in [-0.15, -0.1) is 0 Å². The summed E-state index contributed by atoms with van der Waals surface area (Å²) in [6.07, 6.45) is 0.627. The number of hydrogen-bond donors (Lipinski definition) is 0. The molecule has 1 aliphatic heterocycles. The molecule has 0 N–H and O–H groups in total. The molecule has 0 radical (unpaired) electrons. The molecule has 0 spiro atoms. The molecule has 0 aromatic carbocycles. The molecular weight excluding hydrogens is 254 g/mol. The molecule has 0 aromatic rings. The van der Waals surface area contributed by atoms with E-state index in [9.17, 15) is 13.2 Å². The number of carbonyl (C=O) groups excluding carboxylic acids is 1. The van der Waals surface area contributed by atoms with Crippen LogP contribution < -0.4 is 0 Å². The van der Waals surface area contributed by atoms with Gasteiger partial charge in [0.05, 0.1) is 12.3 Å². The highest BCUT2D eigenvalue weighted by molar-refractivity contribution is 7.89. The molecule has 1 heterocycles. The summed E-state index contributed by atoms with van der Waals surface area (Å²) >= 11 is 0. The lowest BCUT2D eigenvalue weighted by Gasteiger charge is -2.34. The van der Waals surface area contributed by atoms with E-state index in [1.807, 2.05) is 25.9 Å². The summed E-state index contributed by atoms with van der Waals surface area (Å²) in [5.41, 5.74) is 0. The molecule has 0 atom stereocenters. The predicted molar refractivity (Wildman–Crippen MR) is 70.8 cm³/mol. The van der Waals surface area contributed by atoms with Gasteiger partial charge in [0.1, 0.15) is 0 Å². The molecule has 0 saturated carbocycles. The Morgan fingerprint density at radius 2 is 1.72 bits per heavy atom. The summed E-state index contributed by atoms with van der Waals surface area (Å²) in [6.45, 7) is 4.06. The first-order chi connectivity index (χ1) is 8.36. The molecule has 7 heteroatoms. The molecule has 0 aliphatic carbocycles. The fourth-order valence-electron chi connectivity index (χ4n) is 1.97. The van der Waals surface area contributed by atoms with Gasteiger partial charge in [-0.2, -0.15) is 4.31 Å². The van der Waals surface area contributed by atoms with Crippen LogP contribution in [0, 0.1) is 0 Å². The van der Waals surface area contributed by atoms with Crippen LogP contribution in [-0.4, -0.2) is 81.0 Å². The molecule has 6 nitrogen and oxygen atoms in total. The van der Waals surface area contributed by atoms with Gasteiger partial charge in [0.2, 0.25) is 15.9 Å². The summed E-state index contributed by atoms with van der Waals surface area (Å²) in [6, 6.07) is 0. The number of amides is 1. The van der Waals surface area contributed by atoms with E-state index in [1.165, 1.54) is 4.31 Å². The highest BCUT2D eigenvalue weighted by Crippen LogP contribution is 2.09. The maximum atomic E-state index is 11.9. The minimum absolute atomic E-state index is 0.0625. The van der Waals surface area contributed by atoms with Crippen molar-refractivity contribution in [2.24, 2.45) is 0 Å². The van der Waals surface area contributed by atoms with E-state index in [1.54, 1.807) is 4.90 Å². The Hall–Kier alpha value is -0.660. The van der Waals surface area contributed by atoms with Gasteiger partial charge < -0.3 is 9.80 Å². The molecule has 1 rings (SSSR count). The van der Waals surface area contributed by atoms with Gasteiger partial charge in [0.25, 0.3) is 0 Å². The number of nitrogens with zero attached hydrogens (tertiary/aromatic N) is 3. The molecule has 18 heavy (non-hydrogen) atoms. The topological polar surface area (TPSA) is 60.9 Å². The van der Waals surface area contributed by atoms with E-state index in [0.29, 0.717) is 39.1 Å². The summed E-state index contributed by atoms with van der Waals surface area (Å²) in [4.78, 5) is 15.4. The van der Waals surface area contributed by atoms with Crippen LogP contribution in [0.4, 0.5) is 0 Å². The largest absolute Gasteiger partial charge is 0.339 e. The zero-order valence-electron chi connectivity index (χ0n) is 11.4. The van der Waals surface area contributed by atoms with E-state index >= 15 is 0 Å². The average molecular weight is 277 g/mol. The second-order valence-electron chi connectivity index (χ2n) is 4.83. The van der Waals surface area contributed by atoms with Crippen LogP contribution in [0.2, 0.25) is 0 Å². The van der Waals surface area contributed by atoms with Crippen molar-refractivity contribution in [3.63, 3.8) is 0 Å².